The van der Waals surface area contributed by atoms with Crippen molar-refractivity contribution in [2.45, 2.75) is 18.7 Å². The Morgan fingerprint density at radius 1 is 0.971 bits per heavy atom. The molecule has 180 valence electrons. The maximum atomic E-state index is 13.1. The Morgan fingerprint density at radius 3 is 2.37 bits per heavy atom. The van der Waals surface area contributed by atoms with Crippen molar-refractivity contribution in [3.05, 3.63) is 94.3 Å². The van der Waals surface area contributed by atoms with E-state index in [1.807, 2.05) is 6.92 Å². The zero-order chi connectivity index (χ0) is 25.2. The number of ether oxygens (including phenoxy) is 1. The van der Waals surface area contributed by atoms with Crippen molar-refractivity contribution in [2.75, 3.05) is 16.6 Å². The lowest BCUT2D eigenvalue weighted by Gasteiger charge is -2.14. The van der Waals surface area contributed by atoms with E-state index >= 15 is 0 Å². The van der Waals surface area contributed by atoms with Crippen LogP contribution in [0.3, 0.4) is 0 Å². The Kier molecular flexibility index (Phi) is 6.61. The van der Waals surface area contributed by atoms with Crippen molar-refractivity contribution in [2.24, 2.45) is 7.05 Å². The quantitative estimate of drug-likeness (QED) is 0.401. The van der Waals surface area contributed by atoms with Gasteiger partial charge in [-0.3, -0.25) is 14.3 Å². The molecule has 0 spiro atoms. The fourth-order valence-corrected chi connectivity index (χ4v) is 5.09. The Labute approximate surface area is 203 Å². The first-order valence-corrected chi connectivity index (χ1v) is 12.4. The van der Waals surface area contributed by atoms with Gasteiger partial charge < -0.3 is 14.6 Å². The van der Waals surface area contributed by atoms with Crippen LogP contribution in [-0.4, -0.2) is 25.5 Å². The number of para-hydroxylation sites is 1. The molecule has 2 N–H and O–H groups in total. The SMILES string of the molecule is CCOc1ccc(NS(=O)(=O)c2cc(NC(=O)c3cc(=O)n(C)c4ccccc34)ccc2C)cc1. The molecule has 0 unspecified atom stereocenters. The minimum atomic E-state index is -3.93. The second-order valence-corrected chi connectivity index (χ2v) is 9.62. The number of amides is 1. The molecule has 0 bridgehead atoms. The molecule has 4 rings (SSSR count). The van der Waals surface area contributed by atoms with Crippen LogP contribution in [0.15, 0.2) is 82.5 Å². The molecule has 3 aromatic carbocycles. The average Bonchev–Trinajstić information content (AvgIpc) is 2.83. The smallest absolute Gasteiger partial charge is 0.262 e. The third-order valence-electron chi connectivity index (χ3n) is 5.55. The number of nitrogens with one attached hydrogen (secondary N) is 2. The molecule has 1 amide bonds. The van der Waals surface area contributed by atoms with Gasteiger partial charge in [0.05, 0.1) is 22.6 Å². The molecular weight excluding hydrogens is 466 g/mol. The number of benzene rings is 3. The third-order valence-corrected chi connectivity index (χ3v) is 7.07. The van der Waals surface area contributed by atoms with Gasteiger partial charge in [0.1, 0.15) is 5.75 Å². The van der Waals surface area contributed by atoms with E-state index in [1.165, 1.54) is 16.7 Å². The summed E-state index contributed by atoms with van der Waals surface area (Å²) >= 11 is 0. The number of sulfonamides is 1. The van der Waals surface area contributed by atoms with E-state index in [1.54, 1.807) is 74.6 Å². The van der Waals surface area contributed by atoms with Gasteiger partial charge in [-0.25, -0.2) is 8.42 Å². The van der Waals surface area contributed by atoms with Crippen LogP contribution in [0.4, 0.5) is 11.4 Å². The van der Waals surface area contributed by atoms with Crippen LogP contribution in [0.2, 0.25) is 0 Å². The van der Waals surface area contributed by atoms with Gasteiger partial charge in [0, 0.05) is 29.9 Å². The molecule has 0 atom stereocenters. The fourth-order valence-electron chi connectivity index (χ4n) is 3.76. The van der Waals surface area contributed by atoms with Crippen LogP contribution < -0.4 is 20.3 Å². The molecule has 0 fully saturated rings. The first-order valence-electron chi connectivity index (χ1n) is 11.0. The zero-order valence-electron chi connectivity index (χ0n) is 19.5. The summed E-state index contributed by atoms with van der Waals surface area (Å²) in [5, 5.41) is 3.34. The van der Waals surface area contributed by atoms with Gasteiger partial charge >= 0.3 is 0 Å². The first kappa shape index (κ1) is 24.0. The van der Waals surface area contributed by atoms with Crippen molar-refractivity contribution in [1.82, 2.24) is 4.57 Å². The first-order chi connectivity index (χ1) is 16.7. The van der Waals surface area contributed by atoms with E-state index in [0.29, 0.717) is 34.5 Å². The highest BCUT2D eigenvalue weighted by Crippen LogP contribution is 2.25. The molecule has 0 aliphatic heterocycles. The Balaban J connectivity index is 1.62. The number of carbonyl (C=O) groups is 1. The number of hydrogen-bond acceptors (Lipinski definition) is 5. The Morgan fingerprint density at radius 2 is 1.66 bits per heavy atom. The van der Waals surface area contributed by atoms with Crippen LogP contribution in [0.5, 0.6) is 5.75 Å². The summed E-state index contributed by atoms with van der Waals surface area (Å²) in [4.78, 5) is 25.5. The third kappa shape index (κ3) is 5.04. The van der Waals surface area contributed by atoms with Gasteiger partial charge in [0.25, 0.3) is 21.5 Å². The molecule has 0 aliphatic carbocycles. The summed E-state index contributed by atoms with van der Waals surface area (Å²) in [7, 11) is -2.29. The minimum Gasteiger partial charge on any atom is -0.494 e. The molecule has 0 saturated carbocycles. The van der Waals surface area contributed by atoms with Gasteiger partial charge in [-0.05, 0) is 61.9 Å². The monoisotopic (exact) mass is 491 g/mol. The highest BCUT2D eigenvalue weighted by atomic mass is 32.2. The molecular formula is C26H25N3O5S. The lowest BCUT2D eigenvalue weighted by atomic mass is 10.1. The second kappa shape index (κ2) is 9.63. The van der Waals surface area contributed by atoms with Crippen LogP contribution in [0, 0.1) is 6.92 Å². The zero-order valence-corrected chi connectivity index (χ0v) is 20.3. The van der Waals surface area contributed by atoms with Crippen LogP contribution in [0.25, 0.3) is 10.9 Å². The summed E-state index contributed by atoms with van der Waals surface area (Å²) in [6.45, 7) is 4.05. The lowest BCUT2D eigenvalue weighted by molar-refractivity contribution is 0.102. The lowest BCUT2D eigenvalue weighted by Crippen LogP contribution is -2.22. The van der Waals surface area contributed by atoms with Gasteiger partial charge in [-0.2, -0.15) is 0 Å². The Bertz CT molecular complexity index is 1580. The van der Waals surface area contributed by atoms with E-state index in [0.717, 1.165) is 0 Å². The molecule has 35 heavy (non-hydrogen) atoms. The number of anilines is 2. The molecule has 0 saturated heterocycles. The van der Waals surface area contributed by atoms with E-state index in [9.17, 15) is 18.0 Å². The largest absolute Gasteiger partial charge is 0.494 e. The molecule has 0 radical (unpaired) electrons. The number of aromatic nitrogens is 1. The molecule has 1 aromatic heterocycles. The van der Waals surface area contributed by atoms with E-state index in [2.05, 4.69) is 10.0 Å². The summed E-state index contributed by atoms with van der Waals surface area (Å²) < 4.78 is 35.6. The fraction of sp³-hybridized carbons (Fsp3) is 0.154. The van der Waals surface area contributed by atoms with Gasteiger partial charge in [0.15, 0.2) is 0 Å². The summed E-state index contributed by atoms with van der Waals surface area (Å²) in [6, 6.07) is 19.6. The van der Waals surface area contributed by atoms with Crippen molar-refractivity contribution in [1.29, 1.82) is 0 Å². The maximum Gasteiger partial charge on any atom is 0.262 e. The number of hydrogen-bond donors (Lipinski definition) is 2. The molecule has 9 heteroatoms. The summed E-state index contributed by atoms with van der Waals surface area (Å²) in [5.74, 6) is 0.130. The van der Waals surface area contributed by atoms with E-state index < -0.39 is 15.9 Å². The number of fused-ring (bicyclic) bond motifs is 1. The molecule has 1 heterocycles. The number of rotatable bonds is 7. The van der Waals surface area contributed by atoms with Crippen LogP contribution >= 0.6 is 0 Å². The normalized spacial score (nSPS) is 11.3. The van der Waals surface area contributed by atoms with Crippen LogP contribution in [-0.2, 0) is 17.1 Å². The highest BCUT2D eigenvalue weighted by Gasteiger charge is 2.19. The predicted molar refractivity (Wildman–Crippen MR) is 137 cm³/mol. The van der Waals surface area contributed by atoms with E-state index in [4.69, 9.17) is 4.74 Å². The van der Waals surface area contributed by atoms with Crippen molar-refractivity contribution in [3.8, 4) is 5.75 Å². The molecule has 8 nitrogen and oxygen atoms in total. The van der Waals surface area contributed by atoms with Gasteiger partial charge in [-0.1, -0.05) is 24.3 Å². The topological polar surface area (TPSA) is 106 Å². The van der Waals surface area contributed by atoms with Gasteiger partial charge in [0.2, 0.25) is 0 Å². The average molecular weight is 492 g/mol. The number of nitrogens with zero attached hydrogens (tertiary/aromatic N) is 1. The van der Waals surface area contributed by atoms with Crippen LogP contribution in [0.1, 0.15) is 22.8 Å². The van der Waals surface area contributed by atoms with Crippen molar-refractivity contribution in [3.63, 3.8) is 0 Å². The second-order valence-electron chi connectivity index (χ2n) is 7.97. The van der Waals surface area contributed by atoms with Crippen molar-refractivity contribution < 1.29 is 17.9 Å². The summed E-state index contributed by atoms with van der Waals surface area (Å²) in [5.41, 5.74) is 1.70. The highest BCUT2D eigenvalue weighted by molar-refractivity contribution is 7.92. The summed E-state index contributed by atoms with van der Waals surface area (Å²) in [6.07, 6.45) is 0. The number of pyridine rings is 1. The van der Waals surface area contributed by atoms with E-state index in [-0.39, 0.29) is 21.7 Å². The van der Waals surface area contributed by atoms with Crippen molar-refractivity contribution >= 4 is 38.2 Å². The Hall–Kier alpha value is -4.11. The standard InChI is InChI=1S/C26H25N3O5S/c1-4-34-20-13-11-18(12-14-20)28-35(32,33)24-15-19(10-9-17(24)2)27-26(31)22-16-25(30)29(3)23-8-6-5-7-21(22)23/h5-16,28H,4H2,1-3H3,(H,27,31). The molecule has 0 aliphatic rings. The molecule has 4 aromatic rings. The number of aryl methyl sites for hydroxylation is 2. The maximum absolute atomic E-state index is 13.1. The van der Waals surface area contributed by atoms with Gasteiger partial charge in [-0.15, -0.1) is 0 Å². The minimum absolute atomic E-state index is 0.0259. The predicted octanol–water partition coefficient (Wildman–Crippen LogP) is 4.30. The number of carbonyl (C=O) groups excluding carboxylic acids is 1.